The maximum atomic E-state index is 13.0. The normalized spacial score (nSPS) is 14.0. The Morgan fingerprint density at radius 3 is 0.670 bits per heavy atom. The Labute approximate surface area is 537 Å². The van der Waals surface area contributed by atoms with Crippen molar-refractivity contribution in [1.82, 2.24) is 0 Å². The molecule has 0 aliphatic rings. The summed E-state index contributed by atoms with van der Waals surface area (Å²) < 4.78 is 68.2. The summed E-state index contributed by atoms with van der Waals surface area (Å²) in [6.07, 6.45) is 51.2. The van der Waals surface area contributed by atoms with E-state index in [1.165, 1.54) is 193 Å². The third-order valence-corrected chi connectivity index (χ3v) is 18.0. The Hall–Kier alpha value is -1.94. The van der Waals surface area contributed by atoms with Gasteiger partial charge in [0, 0.05) is 25.7 Å². The number of carbonyl (C=O) groups is 4. The number of esters is 4. The summed E-state index contributed by atoms with van der Waals surface area (Å²) in [5, 5.41) is 10.6. The molecule has 0 aromatic rings. The minimum atomic E-state index is -4.95. The SMILES string of the molecule is CCCCCCCCCCCCCCCCCC(=O)O[C@H](COC(=O)CCCCCCCCCCCCCCCC)COP(=O)(O)OC[C@@H](O)COP(=O)(O)OC[C@@H](COC(=O)CCCCCCCCCCC)OC(=O)CCCCCCCCCCCC. The number of phosphoric acid groups is 2. The second-order valence-corrected chi connectivity index (χ2v) is 27.8. The third-order valence-electron chi connectivity index (χ3n) is 16.1. The van der Waals surface area contributed by atoms with Crippen molar-refractivity contribution >= 4 is 39.5 Å². The standard InChI is InChI=1S/C69H134O17P2/c1-5-9-13-17-21-25-28-30-32-34-36-40-44-48-52-56-69(74)86-65(60-80-67(72)54-50-46-42-39-35-33-31-29-26-22-18-14-10-6-2)62-84-88(77,78)82-58-63(70)57-81-87(75,76)83-61-64(59-79-66(71)53-49-45-41-37-24-20-16-12-8-4)85-68(73)55-51-47-43-38-27-23-19-15-11-7-3/h63-65,70H,5-62H2,1-4H3,(H,75,76)(H,77,78)/t63-,64+,65+/m0/s1. The van der Waals surface area contributed by atoms with Gasteiger partial charge in [0.15, 0.2) is 12.2 Å². The molecule has 0 aromatic heterocycles. The molecular formula is C69H134O17P2. The molecule has 0 saturated carbocycles. The van der Waals surface area contributed by atoms with Gasteiger partial charge in [0.2, 0.25) is 0 Å². The Kier molecular flexibility index (Phi) is 62.4. The molecule has 0 rings (SSSR count). The van der Waals surface area contributed by atoms with Crippen molar-refractivity contribution in [3.8, 4) is 0 Å². The number of phosphoric ester groups is 2. The van der Waals surface area contributed by atoms with Crippen LogP contribution < -0.4 is 0 Å². The summed E-state index contributed by atoms with van der Waals surface area (Å²) in [5.41, 5.74) is 0. The molecule has 0 aliphatic carbocycles. The molecule has 0 aromatic carbocycles. The molecule has 0 bridgehead atoms. The van der Waals surface area contributed by atoms with Gasteiger partial charge in [-0.05, 0) is 25.7 Å². The van der Waals surface area contributed by atoms with Crippen molar-refractivity contribution in [2.45, 2.75) is 380 Å². The van der Waals surface area contributed by atoms with Crippen molar-refractivity contribution in [2.75, 3.05) is 39.6 Å². The fourth-order valence-corrected chi connectivity index (χ4v) is 12.1. The van der Waals surface area contributed by atoms with Gasteiger partial charge < -0.3 is 33.8 Å². The minimum absolute atomic E-state index is 0.107. The number of aliphatic hydroxyl groups excluding tert-OH is 1. The molecule has 17 nitrogen and oxygen atoms in total. The van der Waals surface area contributed by atoms with Crippen molar-refractivity contribution in [3.05, 3.63) is 0 Å². The van der Waals surface area contributed by atoms with Gasteiger partial charge in [-0.25, -0.2) is 9.13 Å². The number of ether oxygens (including phenoxy) is 4. The van der Waals surface area contributed by atoms with E-state index in [0.717, 1.165) is 89.9 Å². The van der Waals surface area contributed by atoms with Crippen LogP contribution in [0.1, 0.15) is 362 Å². The highest BCUT2D eigenvalue weighted by molar-refractivity contribution is 7.47. The first-order valence-corrected chi connectivity index (χ1v) is 39.3. The van der Waals surface area contributed by atoms with Crippen LogP contribution in [0.5, 0.6) is 0 Å². The molecule has 0 radical (unpaired) electrons. The van der Waals surface area contributed by atoms with Crippen molar-refractivity contribution in [1.29, 1.82) is 0 Å². The molecule has 522 valence electrons. The lowest BCUT2D eigenvalue weighted by atomic mass is 10.0. The molecule has 3 N–H and O–H groups in total. The van der Waals surface area contributed by atoms with Crippen molar-refractivity contribution in [3.63, 3.8) is 0 Å². The average Bonchev–Trinajstić information content (AvgIpc) is 3.52. The summed E-state index contributed by atoms with van der Waals surface area (Å²) in [6.45, 7) is 4.92. The van der Waals surface area contributed by atoms with Crippen molar-refractivity contribution in [2.24, 2.45) is 0 Å². The number of aliphatic hydroxyl groups is 1. The summed E-state index contributed by atoms with van der Waals surface area (Å²) in [7, 11) is -9.89. The van der Waals surface area contributed by atoms with E-state index >= 15 is 0 Å². The highest BCUT2D eigenvalue weighted by Crippen LogP contribution is 2.45. The first-order valence-electron chi connectivity index (χ1n) is 36.3. The second kappa shape index (κ2) is 63.8. The van der Waals surface area contributed by atoms with Gasteiger partial charge in [0.25, 0.3) is 0 Å². The van der Waals surface area contributed by atoms with E-state index in [9.17, 15) is 43.2 Å². The zero-order valence-electron chi connectivity index (χ0n) is 56.7. The van der Waals surface area contributed by atoms with Crippen molar-refractivity contribution < 1.29 is 80.2 Å². The lowest BCUT2D eigenvalue weighted by Gasteiger charge is -2.21. The predicted octanol–water partition coefficient (Wildman–Crippen LogP) is 19.9. The highest BCUT2D eigenvalue weighted by atomic mass is 31.2. The van der Waals surface area contributed by atoms with Crippen LogP contribution in [-0.2, 0) is 65.4 Å². The number of rotatable bonds is 70. The molecule has 0 amide bonds. The number of unbranched alkanes of at least 4 members (excludes halogenated alkanes) is 44. The Morgan fingerprint density at radius 2 is 0.455 bits per heavy atom. The van der Waals surface area contributed by atoms with Crippen LogP contribution in [0, 0.1) is 0 Å². The first-order chi connectivity index (χ1) is 42.7. The monoisotopic (exact) mass is 1300 g/mol. The smallest absolute Gasteiger partial charge is 0.462 e. The van der Waals surface area contributed by atoms with E-state index in [0.29, 0.717) is 25.7 Å². The molecule has 2 unspecified atom stereocenters. The summed E-state index contributed by atoms with van der Waals surface area (Å²) >= 11 is 0. The van der Waals surface area contributed by atoms with Gasteiger partial charge in [0.1, 0.15) is 19.3 Å². The van der Waals surface area contributed by atoms with E-state index in [2.05, 4.69) is 27.7 Å². The highest BCUT2D eigenvalue weighted by Gasteiger charge is 2.30. The minimum Gasteiger partial charge on any atom is -0.462 e. The van der Waals surface area contributed by atoms with Crippen LogP contribution in [0.15, 0.2) is 0 Å². The zero-order chi connectivity index (χ0) is 64.7. The van der Waals surface area contributed by atoms with Gasteiger partial charge >= 0.3 is 39.5 Å². The summed E-state index contributed by atoms with van der Waals surface area (Å²) in [6, 6.07) is 0. The van der Waals surface area contributed by atoms with E-state index in [4.69, 9.17) is 37.0 Å². The molecule has 88 heavy (non-hydrogen) atoms. The van der Waals surface area contributed by atoms with Crippen LogP contribution in [0.25, 0.3) is 0 Å². The van der Waals surface area contributed by atoms with Crippen LogP contribution in [0.4, 0.5) is 0 Å². The van der Waals surface area contributed by atoms with Gasteiger partial charge in [-0.1, -0.05) is 310 Å². The fraction of sp³-hybridized carbons (Fsp3) is 0.942. The Bertz CT molecular complexity index is 1690. The van der Waals surface area contributed by atoms with E-state index in [-0.39, 0.29) is 25.7 Å². The maximum absolute atomic E-state index is 13.0. The Morgan fingerprint density at radius 1 is 0.273 bits per heavy atom. The van der Waals surface area contributed by atoms with E-state index in [1.807, 2.05) is 0 Å². The summed E-state index contributed by atoms with van der Waals surface area (Å²) in [5.74, 6) is -2.12. The molecule has 0 heterocycles. The van der Waals surface area contributed by atoms with E-state index < -0.39 is 97.5 Å². The lowest BCUT2D eigenvalue weighted by Crippen LogP contribution is -2.30. The number of carbonyl (C=O) groups excluding carboxylic acids is 4. The Balaban J connectivity index is 5.22. The maximum Gasteiger partial charge on any atom is 0.472 e. The molecular weight excluding hydrogens is 1160 g/mol. The molecule has 0 aliphatic heterocycles. The number of hydrogen-bond acceptors (Lipinski definition) is 15. The van der Waals surface area contributed by atoms with Crippen LogP contribution >= 0.6 is 15.6 Å². The van der Waals surface area contributed by atoms with Gasteiger partial charge in [-0.2, -0.15) is 0 Å². The van der Waals surface area contributed by atoms with Gasteiger partial charge in [-0.3, -0.25) is 37.3 Å². The molecule has 0 saturated heterocycles. The zero-order valence-corrected chi connectivity index (χ0v) is 58.5. The number of hydrogen-bond donors (Lipinski definition) is 3. The molecule has 0 spiro atoms. The first kappa shape index (κ1) is 86.1. The topological polar surface area (TPSA) is 237 Å². The van der Waals surface area contributed by atoms with Gasteiger partial charge in [0.05, 0.1) is 26.4 Å². The predicted molar refractivity (Wildman–Crippen MR) is 354 cm³/mol. The third kappa shape index (κ3) is 62.8. The summed E-state index contributed by atoms with van der Waals surface area (Å²) in [4.78, 5) is 72.4. The lowest BCUT2D eigenvalue weighted by molar-refractivity contribution is -0.161. The molecule has 5 atom stereocenters. The van der Waals surface area contributed by atoms with Crippen LogP contribution in [-0.4, -0.2) is 96.7 Å². The quantitative estimate of drug-likeness (QED) is 0.0222. The molecule has 0 fully saturated rings. The molecule has 19 heteroatoms. The fourth-order valence-electron chi connectivity index (χ4n) is 10.5. The van der Waals surface area contributed by atoms with Gasteiger partial charge in [-0.15, -0.1) is 0 Å². The largest absolute Gasteiger partial charge is 0.472 e. The van der Waals surface area contributed by atoms with Crippen LogP contribution in [0.2, 0.25) is 0 Å². The van der Waals surface area contributed by atoms with E-state index in [1.54, 1.807) is 0 Å². The second-order valence-electron chi connectivity index (χ2n) is 24.9. The average molecular weight is 1300 g/mol. The van der Waals surface area contributed by atoms with Crippen LogP contribution in [0.3, 0.4) is 0 Å².